The summed E-state index contributed by atoms with van der Waals surface area (Å²) in [5.74, 6) is -1.06. The number of rotatable bonds is 5. The van der Waals surface area contributed by atoms with Gasteiger partial charge in [0.2, 0.25) is 5.91 Å². The van der Waals surface area contributed by atoms with Gasteiger partial charge in [0, 0.05) is 6.92 Å². The van der Waals surface area contributed by atoms with E-state index in [9.17, 15) is 14.4 Å². The topological polar surface area (TPSA) is 106 Å². The summed E-state index contributed by atoms with van der Waals surface area (Å²) in [7, 11) is 0. The number of amides is 2. The molecule has 2 amide bonds. The highest BCUT2D eigenvalue weighted by molar-refractivity contribution is 6.37. The van der Waals surface area contributed by atoms with Crippen LogP contribution in [0.2, 0.25) is 0 Å². The van der Waals surface area contributed by atoms with Gasteiger partial charge >= 0.3 is 12.1 Å². The number of hydrazone groups is 1. The largest absolute Gasteiger partial charge is 0.461 e. The average Bonchev–Trinajstić information content (AvgIpc) is 2.26. The summed E-state index contributed by atoms with van der Waals surface area (Å²) in [6.45, 7) is 8.02. The van der Waals surface area contributed by atoms with E-state index in [0.29, 0.717) is 0 Å². The number of hydrogen-bond acceptors (Lipinski definition) is 6. The van der Waals surface area contributed by atoms with E-state index in [4.69, 9.17) is 9.47 Å². The molecule has 0 bridgehead atoms. The zero-order chi connectivity index (χ0) is 15.8. The lowest BCUT2D eigenvalue weighted by Gasteiger charge is -2.18. The molecule has 0 rings (SSSR count). The molecule has 8 nitrogen and oxygen atoms in total. The van der Waals surface area contributed by atoms with Gasteiger partial charge in [-0.3, -0.25) is 4.79 Å². The van der Waals surface area contributed by atoms with Gasteiger partial charge in [-0.2, -0.15) is 5.10 Å². The summed E-state index contributed by atoms with van der Waals surface area (Å²) in [6, 6.07) is 0. The number of carbonyl (C=O) groups excluding carboxylic acids is 3. The van der Waals surface area contributed by atoms with Crippen LogP contribution >= 0.6 is 0 Å². The molecule has 8 heteroatoms. The van der Waals surface area contributed by atoms with Gasteiger partial charge in [0.1, 0.15) is 5.60 Å². The van der Waals surface area contributed by atoms with Gasteiger partial charge in [-0.15, -0.1) is 0 Å². The minimum atomic E-state index is -0.804. The molecule has 0 heterocycles. The van der Waals surface area contributed by atoms with E-state index in [1.165, 1.54) is 6.92 Å². The SMILES string of the molecule is CCOC(=O)/C(CNC(C)=O)=N\NC(=O)OC(C)(C)C. The van der Waals surface area contributed by atoms with Crippen LogP contribution in [0.4, 0.5) is 4.79 Å². The Labute approximate surface area is 117 Å². The second-order valence-electron chi connectivity index (χ2n) is 4.80. The van der Waals surface area contributed by atoms with E-state index < -0.39 is 17.7 Å². The van der Waals surface area contributed by atoms with Crippen molar-refractivity contribution in [2.24, 2.45) is 5.10 Å². The van der Waals surface area contributed by atoms with Crippen LogP contribution in [0.1, 0.15) is 34.6 Å². The fraction of sp³-hybridized carbons (Fsp3) is 0.667. The van der Waals surface area contributed by atoms with E-state index in [0.717, 1.165) is 0 Å². The molecule has 0 spiro atoms. The summed E-state index contributed by atoms with van der Waals surface area (Å²) in [6.07, 6.45) is -0.804. The maximum atomic E-state index is 11.6. The zero-order valence-electron chi connectivity index (χ0n) is 12.4. The number of hydrogen-bond donors (Lipinski definition) is 2. The molecule has 114 valence electrons. The molecular weight excluding hydrogens is 266 g/mol. The van der Waals surface area contributed by atoms with Gasteiger partial charge in [0.05, 0.1) is 13.2 Å². The van der Waals surface area contributed by atoms with Crippen LogP contribution in [0.15, 0.2) is 5.10 Å². The summed E-state index contributed by atoms with van der Waals surface area (Å²) in [5, 5.41) is 6.00. The number of nitrogens with zero attached hydrogens (tertiary/aromatic N) is 1. The summed E-state index contributed by atoms with van der Waals surface area (Å²) >= 11 is 0. The minimum Gasteiger partial charge on any atom is -0.461 e. The van der Waals surface area contributed by atoms with Crippen LogP contribution < -0.4 is 10.7 Å². The second kappa shape index (κ2) is 8.13. The number of carbonyl (C=O) groups is 3. The fourth-order valence-electron chi connectivity index (χ4n) is 0.994. The van der Waals surface area contributed by atoms with Crippen molar-refractivity contribution in [1.29, 1.82) is 0 Å². The van der Waals surface area contributed by atoms with E-state index in [2.05, 4.69) is 15.8 Å². The Hall–Kier alpha value is -2.12. The molecule has 0 aromatic rings. The lowest BCUT2D eigenvalue weighted by molar-refractivity contribution is -0.135. The predicted molar refractivity (Wildman–Crippen MR) is 72.1 cm³/mol. The Morgan fingerprint density at radius 1 is 1.20 bits per heavy atom. The Balaban J connectivity index is 4.67. The van der Waals surface area contributed by atoms with Gasteiger partial charge in [-0.05, 0) is 27.7 Å². The molecule has 0 atom stereocenters. The summed E-state index contributed by atoms with van der Waals surface area (Å²) in [4.78, 5) is 33.8. The van der Waals surface area contributed by atoms with Crippen molar-refractivity contribution in [2.75, 3.05) is 13.2 Å². The molecule has 0 saturated heterocycles. The molecule has 0 unspecified atom stereocenters. The van der Waals surface area contributed by atoms with Crippen LogP contribution in [-0.4, -0.2) is 42.4 Å². The first-order valence-corrected chi connectivity index (χ1v) is 6.12. The monoisotopic (exact) mass is 287 g/mol. The van der Waals surface area contributed by atoms with Crippen molar-refractivity contribution >= 4 is 23.7 Å². The molecule has 0 radical (unpaired) electrons. The Morgan fingerprint density at radius 3 is 2.25 bits per heavy atom. The quantitative estimate of drug-likeness (QED) is 0.437. The van der Waals surface area contributed by atoms with Crippen molar-refractivity contribution in [3.63, 3.8) is 0 Å². The standard InChI is InChI=1S/C12H21N3O5/c1-6-19-10(17)9(7-13-8(2)16)14-15-11(18)20-12(3,4)5/h6-7H2,1-5H3,(H,13,16)(H,15,18)/b14-9-. The highest BCUT2D eigenvalue weighted by atomic mass is 16.6. The molecule has 0 aliphatic carbocycles. The molecule has 0 aromatic heterocycles. The average molecular weight is 287 g/mol. The predicted octanol–water partition coefficient (Wildman–Crippen LogP) is 0.566. The third-order valence-electron chi connectivity index (χ3n) is 1.70. The normalized spacial score (nSPS) is 11.6. The number of esters is 1. The molecule has 20 heavy (non-hydrogen) atoms. The van der Waals surface area contributed by atoms with Gasteiger partial charge in [-0.1, -0.05) is 0 Å². The van der Waals surface area contributed by atoms with Gasteiger partial charge in [0.15, 0.2) is 5.71 Å². The highest BCUT2D eigenvalue weighted by Gasteiger charge is 2.18. The third kappa shape index (κ3) is 8.90. The van der Waals surface area contributed by atoms with Crippen LogP contribution in [0.5, 0.6) is 0 Å². The van der Waals surface area contributed by atoms with Gasteiger partial charge in [-0.25, -0.2) is 15.0 Å². The van der Waals surface area contributed by atoms with Crippen LogP contribution in [-0.2, 0) is 19.1 Å². The smallest absolute Gasteiger partial charge is 0.428 e. The fourth-order valence-corrected chi connectivity index (χ4v) is 0.994. The van der Waals surface area contributed by atoms with Crippen molar-refractivity contribution in [1.82, 2.24) is 10.7 Å². The molecule has 0 aliphatic rings. The lowest BCUT2D eigenvalue weighted by atomic mass is 10.2. The molecule has 0 aliphatic heterocycles. The first kappa shape index (κ1) is 17.9. The minimum absolute atomic E-state index is 0.132. The first-order chi connectivity index (χ1) is 9.15. The molecule has 2 N–H and O–H groups in total. The molecule has 0 aromatic carbocycles. The lowest BCUT2D eigenvalue weighted by Crippen LogP contribution is -2.36. The van der Waals surface area contributed by atoms with Gasteiger partial charge in [0.25, 0.3) is 0 Å². The molecular formula is C12H21N3O5. The Bertz CT molecular complexity index is 398. The Morgan fingerprint density at radius 2 is 1.80 bits per heavy atom. The van der Waals surface area contributed by atoms with E-state index in [-0.39, 0.29) is 24.8 Å². The maximum Gasteiger partial charge on any atom is 0.428 e. The van der Waals surface area contributed by atoms with Crippen molar-refractivity contribution < 1.29 is 23.9 Å². The molecule has 0 fully saturated rings. The third-order valence-corrected chi connectivity index (χ3v) is 1.70. The second-order valence-corrected chi connectivity index (χ2v) is 4.80. The summed E-state index contributed by atoms with van der Waals surface area (Å²) < 4.78 is 9.71. The van der Waals surface area contributed by atoms with Crippen molar-refractivity contribution in [3.05, 3.63) is 0 Å². The van der Waals surface area contributed by atoms with Gasteiger partial charge < -0.3 is 14.8 Å². The van der Waals surface area contributed by atoms with E-state index >= 15 is 0 Å². The van der Waals surface area contributed by atoms with E-state index in [1.54, 1.807) is 27.7 Å². The van der Waals surface area contributed by atoms with Crippen LogP contribution in [0.3, 0.4) is 0 Å². The zero-order valence-corrected chi connectivity index (χ0v) is 12.4. The van der Waals surface area contributed by atoms with Crippen molar-refractivity contribution in [3.8, 4) is 0 Å². The Kier molecular flexibility index (Phi) is 7.27. The summed E-state index contributed by atoms with van der Waals surface area (Å²) in [5.41, 5.74) is 1.27. The number of ether oxygens (including phenoxy) is 2. The van der Waals surface area contributed by atoms with Crippen LogP contribution in [0.25, 0.3) is 0 Å². The molecule has 0 saturated carbocycles. The maximum absolute atomic E-state index is 11.6. The number of nitrogens with one attached hydrogen (secondary N) is 2. The van der Waals surface area contributed by atoms with E-state index in [1.807, 2.05) is 0 Å². The first-order valence-electron chi connectivity index (χ1n) is 6.12. The highest BCUT2D eigenvalue weighted by Crippen LogP contribution is 2.06. The van der Waals surface area contributed by atoms with Crippen molar-refractivity contribution in [2.45, 2.75) is 40.2 Å². The van der Waals surface area contributed by atoms with Crippen LogP contribution in [0, 0.1) is 0 Å².